The highest BCUT2D eigenvalue weighted by Crippen LogP contribution is 2.35. The highest BCUT2D eigenvalue weighted by Gasteiger charge is 2.31. The van der Waals surface area contributed by atoms with Gasteiger partial charge in [0.2, 0.25) is 13.6 Å². The lowest BCUT2D eigenvalue weighted by Crippen LogP contribution is -2.47. The van der Waals surface area contributed by atoms with Crippen molar-refractivity contribution in [3.05, 3.63) is 65.7 Å². The molecule has 274 valence electrons. The Bertz CT molecular complexity index is 1690. The highest BCUT2D eigenvalue weighted by molar-refractivity contribution is 6.02. The third-order valence-electron chi connectivity index (χ3n) is 9.32. The molecule has 0 aromatic heterocycles. The summed E-state index contributed by atoms with van der Waals surface area (Å²) in [6.07, 6.45) is 2.18. The van der Waals surface area contributed by atoms with Gasteiger partial charge in [0, 0.05) is 49.6 Å². The maximum Gasteiger partial charge on any atom is 0.323 e. The van der Waals surface area contributed by atoms with Crippen LogP contribution in [0.5, 0.6) is 28.7 Å². The van der Waals surface area contributed by atoms with Crippen molar-refractivity contribution in [2.45, 2.75) is 64.8 Å². The topological polar surface area (TPSA) is 140 Å². The normalized spacial score (nSPS) is 21.0. The summed E-state index contributed by atoms with van der Waals surface area (Å²) in [5, 5.41) is 15.9. The molecule has 51 heavy (non-hydrogen) atoms. The molecule has 0 spiro atoms. The molecule has 4 atom stereocenters. The van der Waals surface area contributed by atoms with Gasteiger partial charge in [0.25, 0.3) is 5.91 Å². The number of fused-ring (bicyclic) bond motifs is 3. The Balaban J connectivity index is 1.20. The molecule has 3 amide bonds. The fourth-order valence-electron chi connectivity index (χ4n) is 6.45. The minimum atomic E-state index is -0.490. The number of urea groups is 1. The van der Waals surface area contributed by atoms with E-state index in [1.165, 1.54) is 0 Å². The Morgan fingerprint density at radius 1 is 0.902 bits per heavy atom. The molecule has 0 bridgehead atoms. The molecule has 0 fully saturated rings. The summed E-state index contributed by atoms with van der Waals surface area (Å²) >= 11 is 0. The Hall–Kier alpha value is -4.72. The van der Waals surface area contributed by atoms with Crippen LogP contribution in [0.3, 0.4) is 0 Å². The maximum absolute atomic E-state index is 14.5. The smallest absolute Gasteiger partial charge is 0.323 e. The lowest BCUT2D eigenvalue weighted by atomic mass is 10.0. The largest absolute Gasteiger partial charge is 0.490 e. The summed E-state index contributed by atoms with van der Waals surface area (Å²) in [4.78, 5) is 31.4. The van der Waals surface area contributed by atoms with Gasteiger partial charge in [-0.15, -0.1) is 0 Å². The first-order valence-electron chi connectivity index (χ1n) is 17.6. The number of rotatable bonds is 8. The van der Waals surface area contributed by atoms with Gasteiger partial charge in [-0.05, 0) is 88.2 Å². The van der Waals surface area contributed by atoms with Gasteiger partial charge in [0.1, 0.15) is 5.75 Å². The van der Waals surface area contributed by atoms with E-state index in [2.05, 4.69) is 29.5 Å². The average molecular weight is 705 g/mol. The van der Waals surface area contributed by atoms with Crippen LogP contribution in [0.1, 0.15) is 56.0 Å². The molecular formula is C38H48N4O9. The van der Waals surface area contributed by atoms with E-state index in [1.807, 2.05) is 32.0 Å². The molecule has 3 aliphatic heterocycles. The first kappa shape index (κ1) is 36.1. The van der Waals surface area contributed by atoms with Crippen molar-refractivity contribution >= 4 is 23.3 Å². The van der Waals surface area contributed by atoms with E-state index < -0.39 is 12.1 Å². The molecule has 0 saturated heterocycles. The van der Waals surface area contributed by atoms with Crippen molar-refractivity contribution in [3.63, 3.8) is 0 Å². The van der Waals surface area contributed by atoms with Crippen LogP contribution in [0.25, 0.3) is 0 Å². The van der Waals surface area contributed by atoms with Crippen LogP contribution in [0.15, 0.2) is 54.6 Å². The molecular weight excluding hydrogens is 656 g/mol. The van der Waals surface area contributed by atoms with Gasteiger partial charge in [0.15, 0.2) is 23.0 Å². The summed E-state index contributed by atoms with van der Waals surface area (Å²) in [5.74, 6) is 2.69. The lowest BCUT2D eigenvalue weighted by molar-refractivity contribution is -0.0177. The van der Waals surface area contributed by atoms with E-state index in [0.29, 0.717) is 60.4 Å². The molecule has 3 aliphatic rings. The average Bonchev–Trinajstić information content (AvgIpc) is 3.78. The molecule has 3 N–H and O–H groups in total. The predicted molar refractivity (Wildman–Crippen MR) is 191 cm³/mol. The number of carbonyl (C=O) groups excluding carboxylic acids is 2. The number of aliphatic hydroxyl groups excluding tert-OH is 1. The van der Waals surface area contributed by atoms with Crippen molar-refractivity contribution in [1.29, 1.82) is 0 Å². The molecule has 3 aromatic rings. The summed E-state index contributed by atoms with van der Waals surface area (Å²) in [6, 6.07) is 15.2. The first-order chi connectivity index (χ1) is 24.7. The SMILES string of the molecule is C[C@@H]1CN([C@@H](C)CO)C(=O)c2cc(NC(=O)Nc3ccc4c(c3)OCO4)ccc2O[C@@H](C)CCCCO[C@@H]1CN(C)Cc1ccc2c(c1)OCO2. The third kappa shape index (κ3) is 9.15. The number of benzene rings is 3. The minimum absolute atomic E-state index is 0.0813. The fraction of sp³-hybridized carbons (Fsp3) is 0.474. The van der Waals surface area contributed by atoms with Crippen LogP contribution >= 0.6 is 0 Å². The van der Waals surface area contributed by atoms with Crippen molar-refractivity contribution in [1.82, 2.24) is 9.80 Å². The molecule has 13 heteroatoms. The zero-order chi connectivity index (χ0) is 35.9. The zero-order valence-electron chi connectivity index (χ0n) is 29.7. The minimum Gasteiger partial charge on any atom is -0.490 e. The summed E-state index contributed by atoms with van der Waals surface area (Å²) in [6.45, 7) is 8.25. The fourth-order valence-corrected chi connectivity index (χ4v) is 6.45. The predicted octanol–water partition coefficient (Wildman–Crippen LogP) is 5.72. The van der Waals surface area contributed by atoms with Crippen LogP contribution in [0.2, 0.25) is 0 Å². The van der Waals surface area contributed by atoms with E-state index in [0.717, 1.165) is 36.3 Å². The number of ether oxygens (including phenoxy) is 6. The second kappa shape index (κ2) is 16.5. The summed E-state index contributed by atoms with van der Waals surface area (Å²) in [5.41, 5.74) is 2.33. The van der Waals surface area contributed by atoms with Crippen molar-refractivity contribution in [3.8, 4) is 28.7 Å². The molecule has 0 unspecified atom stereocenters. The Morgan fingerprint density at radius 3 is 2.27 bits per heavy atom. The van der Waals surface area contributed by atoms with Crippen LogP contribution in [0, 0.1) is 5.92 Å². The second-order valence-corrected chi connectivity index (χ2v) is 13.5. The highest BCUT2D eigenvalue weighted by atomic mass is 16.7. The van der Waals surface area contributed by atoms with Crippen LogP contribution in [-0.4, -0.2) is 92.0 Å². The van der Waals surface area contributed by atoms with Crippen molar-refractivity contribution in [2.24, 2.45) is 5.92 Å². The van der Waals surface area contributed by atoms with Crippen LogP contribution < -0.4 is 34.3 Å². The molecule has 6 rings (SSSR count). The maximum atomic E-state index is 14.5. The molecule has 13 nitrogen and oxygen atoms in total. The van der Waals surface area contributed by atoms with E-state index in [4.69, 9.17) is 28.4 Å². The number of nitrogens with one attached hydrogen (secondary N) is 2. The second-order valence-electron chi connectivity index (χ2n) is 13.5. The molecule has 0 radical (unpaired) electrons. The van der Waals surface area contributed by atoms with E-state index >= 15 is 0 Å². The standard InChI is InChI=1S/C38H48N4O9/c1-24-18-42(25(2)21-43)37(44)30-16-28(39-38(45)40-29-10-13-33-35(17-29)50-23-48-33)9-12-31(30)51-26(3)7-5-6-14-46-36(24)20-41(4)19-27-8-11-32-34(15-27)49-22-47-32/h8-13,15-17,24-26,36,43H,5-7,14,18-23H2,1-4H3,(H2,39,40,45)/t24-,25+,26+,36-/m1/s1. The number of aliphatic hydroxyl groups is 1. The molecule has 3 heterocycles. The van der Waals surface area contributed by atoms with E-state index in [-0.39, 0.29) is 44.2 Å². The molecule has 3 aromatic carbocycles. The van der Waals surface area contributed by atoms with E-state index in [9.17, 15) is 14.7 Å². The van der Waals surface area contributed by atoms with Gasteiger partial charge in [-0.1, -0.05) is 13.0 Å². The number of nitrogens with zero attached hydrogens (tertiary/aromatic N) is 2. The molecule has 0 aliphatic carbocycles. The van der Waals surface area contributed by atoms with Gasteiger partial charge in [-0.25, -0.2) is 4.79 Å². The number of carbonyl (C=O) groups is 2. The van der Waals surface area contributed by atoms with E-state index in [1.54, 1.807) is 41.3 Å². The van der Waals surface area contributed by atoms with Crippen molar-refractivity contribution in [2.75, 3.05) is 57.6 Å². The number of likely N-dealkylation sites (N-methyl/N-ethyl adjacent to an activating group) is 1. The number of amides is 3. The van der Waals surface area contributed by atoms with Gasteiger partial charge < -0.3 is 49.1 Å². The quantitative estimate of drug-likeness (QED) is 0.267. The van der Waals surface area contributed by atoms with Gasteiger partial charge in [0.05, 0.1) is 30.4 Å². The van der Waals surface area contributed by atoms with Crippen LogP contribution in [-0.2, 0) is 11.3 Å². The van der Waals surface area contributed by atoms with Crippen LogP contribution in [0.4, 0.5) is 16.2 Å². The van der Waals surface area contributed by atoms with Crippen molar-refractivity contribution < 1.29 is 43.1 Å². The zero-order valence-corrected chi connectivity index (χ0v) is 29.7. The monoisotopic (exact) mass is 704 g/mol. The lowest BCUT2D eigenvalue weighted by Gasteiger charge is -2.36. The Kier molecular flexibility index (Phi) is 11.7. The number of hydrogen-bond acceptors (Lipinski definition) is 10. The number of hydrogen-bond donors (Lipinski definition) is 3. The third-order valence-corrected chi connectivity index (χ3v) is 9.32. The first-order valence-corrected chi connectivity index (χ1v) is 17.6. The molecule has 0 saturated carbocycles. The van der Waals surface area contributed by atoms with Gasteiger partial charge in [-0.3, -0.25) is 9.69 Å². The number of anilines is 2. The summed E-state index contributed by atoms with van der Waals surface area (Å²) < 4.78 is 34.7. The van der Waals surface area contributed by atoms with Gasteiger partial charge >= 0.3 is 6.03 Å². The summed E-state index contributed by atoms with van der Waals surface area (Å²) in [7, 11) is 2.05. The Morgan fingerprint density at radius 2 is 1.55 bits per heavy atom. The Labute approximate surface area is 298 Å². The van der Waals surface area contributed by atoms with Gasteiger partial charge in [-0.2, -0.15) is 0 Å².